The molecule has 0 amide bonds. The van der Waals surface area contributed by atoms with Gasteiger partial charge in [0.25, 0.3) is 0 Å². The number of carbonyl (C=O) groups is 1. The molecule has 7 nitrogen and oxygen atoms in total. The van der Waals surface area contributed by atoms with E-state index in [1.165, 1.54) is 13.8 Å². The topological polar surface area (TPSA) is 82.1 Å². The Morgan fingerprint density at radius 3 is 2.37 bits per heavy atom. The molecule has 112 valence electrons. The number of ether oxygens (including phenoxy) is 1. The van der Waals surface area contributed by atoms with Crippen molar-refractivity contribution in [3.63, 3.8) is 0 Å². The summed E-state index contributed by atoms with van der Waals surface area (Å²) >= 11 is 0. The highest BCUT2D eigenvalue weighted by Crippen LogP contribution is 2.24. The molecule has 8 heteroatoms. The fourth-order valence-corrected chi connectivity index (χ4v) is 2.17. The fourth-order valence-electron chi connectivity index (χ4n) is 1.25. The minimum Gasteiger partial charge on any atom is -0.427 e. The first-order valence-corrected chi connectivity index (χ1v) is 7.03. The molecule has 0 rings (SSSR count). The lowest BCUT2D eigenvalue weighted by Gasteiger charge is -2.36. The zero-order valence-corrected chi connectivity index (χ0v) is 12.7. The molecule has 0 radical (unpaired) electrons. The van der Waals surface area contributed by atoms with Crippen molar-refractivity contribution in [3.8, 4) is 0 Å². The monoisotopic (exact) mass is 295 g/mol. The van der Waals surface area contributed by atoms with Crippen molar-refractivity contribution in [2.75, 3.05) is 20.7 Å². The first-order valence-electron chi connectivity index (χ1n) is 5.69. The predicted octanol–water partition coefficient (Wildman–Crippen LogP) is 0.680. The van der Waals surface area contributed by atoms with Crippen LogP contribution in [0.4, 0.5) is 0 Å². The van der Waals surface area contributed by atoms with E-state index in [4.69, 9.17) is 8.92 Å². The lowest BCUT2D eigenvalue weighted by atomic mass is 10.1. The van der Waals surface area contributed by atoms with Gasteiger partial charge in [-0.2, -0.15) is 8.42 Å². The predicted molar refractivity (Wildman–Crippen MR) is 69.5 cm³/mol. The SMILES string of the molecule is C=CC(=O)OC(C)(OS(=O)(=O)OCC)C(C)N(C)C. The second-order valence-corrected chi connectivity index (χ2v) is 5.40. The highest BCUT2D eigenvalue weighted by molar-refractivity contribution is 7.81. The van der Waals surface area contributed by atoms with E-state index in [1.54, 1.807) is 25.9 Å². The maximum atomic E-state index is 11.6. The summed E-state index contributed by atoms with van der Waals surface area (Å²) in [7, 11) is -0.868. The van der Waals surface area contributed by atoms with E-state index >= 15 is 0 Å². The van der Waals surface area contributed by atoms with Crippen molar-refractivity contribution in [1.82, 2.24) is 4.90 Å². The van der Waals surface area contributed by atoms with Crippen LogP contribution in [-0.2, 0) is 28.3 Å². The summed E-state index contributed by atoms with van der Waals surface area (Å²) in [6.45, 7) is 7.68. The van der Waals surface area contributed by atoms with Gasteiger partial charge in [0.15, 0.2) is 0 Å². The van der Waals surface area contributed by atoms with Crippen molar-refractivity contribution < 1.29 is 26.3 Å². The Kier molecular flexibility index (Phi) is 6.64. The lowest BCUT2D eigenvalue weighted by Crippen LogP contribution is -2.52. The number of esters is 1. The van der Waals surface area contributed by atoms with Gasteiger partial charge in [-0.15, -0.1) is 0 Å². The van der Waals surface area contributed by atoms with Crippen molar-refractivity contribution in [2.24, 2.45) is 0 Å². The van der Waals surface area contributed by atoms with Crippen LogP contribution in [-0.4, -0.2) is 51.8 Å². The van der Waals surface area contributed by atoms with Crippen molar-refractivity contribution >= 4 is 16.4 Å². The van der Waals surface area contributed by atoms with Crippen LogP contribution in [0, 0.1) is 0 Å². The first kappa shape index (κ1) is 18.0. The zero-order chi connectivity index (χ0) is 15.3. The van der Waals surface area contributed by atoms with Crippen molar-refractivity contribution in [3.05, 3.63) is 12.7 Å². The second-order valence-electron chi connectivity index (χ2n) is 4.18. The third-order valence-electron chi connectivity index (χ3n) is 2.53. The Morgan fingerprint density at radius 1 is 1.47 bits per heavy atom. The van der Waals surface area contributed by atoms with E-state index in [9.17, 15) is 13.2 Å². The van der Waals surface area contributed by atoms with Gasteiger partial charge in [-0.3, -0.25) is 0 Å². The number of rotatable bonds is 8. The molecule has 0 aliphatic heterocycles. The number of nitrogens with zero attached hydrogens (tertiary/aromatic N) is 1. The van der Waals surface area contributed by atoms with Crippen LogP contribution in [0.15, 0.2) is 12.7 Å². The van der Waals surface area contributed by atoms with E-state index in [1.807, 2.05) is 0 Å². The molecule has 0 heterocycles. The van der Waals surface area contributed by atoms with Crippen LogP contribution in [0.25, 0.3) is 0 Å². The molecule has 0 N–H and O–H groups in total. The summed E-state index contributed by atoms with van der Waals surface area (Å²) in [5.74, 6) is -2.51. The minimum atomic E-state index is -4.26. The molecule has 0 aliphatic rings. The number of carbonyl (C=O) groups excluding carboxylic acids is 1. The Labute approximate surface area is 114 Å². The summed E-state index contributed by atoms with van der Waals surface area (Å²) in [5, 5.41) is 0. The fraction of sp³-hybridized carbons (Fsp3) is 0.727. The minimum absolute atomic E-state index is 0.0792. The maximum Gasteiger partial charge on any atom is 0.403 e. The summed E-state index contributed by atoms with van der Waals surface area (Å²) in [6.07, 6.45) is 0.928. The molecular formula is C11H21NO6S. The number of hydrogen-bond donors (Lipinski definition) is 0. The quantitative estimate of drug-likeness (QED) is 0.370. The zero-order valence-electron chi connectivity index (χ0n) is 11.9. The van der Waals surface area contributed by atoms with Gasteiger partial charge in [-0.1, -0.05) is 6.58 Å². The van der Waals surface area contributed by atoms with Gasteiger partial charge in [-0.05, 0) is 27.9 Å². The highest BCUT2D eigenvalue weighted by Gasteiger charge is 2.42. The van der Waals surface area contributed by atoms with Gasteiger partial charge >= 0.3 is 16.4 Å². The van der Waals surface area contributed by atoms with Gasteiger partial charge in [0.1, 0.15) is 0 Å². The van der Waals surface area contributed by atoms with Crippen LogP contribution in [0.5, 0.6) is 0 Å². The molecule has 19 heavy (non-hydrogen) atoms. The lowest BCUT2D eigenvalue weighted by molar-refractivity contribution is -0.204. The van der Waals surface area contributed by atoms with Gasteiger partial charge in [0.05, 0.1) is 12.6 Å². The molecule has 0 aromatic rings. The van der Waals surface area contributed by atoms with Crippen LogP contribution in [0.1, 0.15) is 20.8 Å². The second kappa shape index (κ2) is 6.99. The Morgan fingerprint density at radius 2 is 2.00 bits per heavy atom. The van der Waals surface area contributed by atoms with Crippen molar-refractivity contribution in [2.45, 2.75) is 32.6 Å². The molecule has 0 fully saturated rings. The van der Waals surface area contributed by atoms with Gasteiger partial charge in [-0.25, -0.2) is 13.2 Å². The van der Waals surface area contributed by atoms with E-state index in [2.05, 4.69) is 10.8 Å². The molecule has 0 bridgehead atoms. The normalized spacial score (nSPS) is 16.7. The maximum absolute atomic E-state index is 11.6. The molecule has 0 saturated heterocycles. The van der Waals surface area contributed by atoms with Crippen molar-refractivity contribution in [1.29, 1.82) is 0 Å². The molecule has 0 spiro atoms. The molecular weight excluding hydrogens is 274 g/mol. The number of hydrogen-bond acceptors (Lipinski definition) is 7. The summed E-state index contributed by atoms with van der Waals surface area (Å²) in [4.78, 5) is 13.0. The molecule has 0 saturated carbocycles. The van der Waals surface area contributed by atoms with Gasteiger partial charge in [0, 0.05) is 13.0 Å². The third-order valence-corrected chi connectivity index (χ3v) is 3.59. The smallest absolute Gasteiger partial charge is 0.403 e. The average Bonchev–Trinajstić information content (AvgIpc) is 2.26. The standard InChI is InChI=1S/C11H21NO6S/c1-7-10(13)17-11(4,9(3)12(5)6)18-19(14,15)16-8-2/h7,9H,1,8H2,2-6H3. The largest absolute Gasteiger partial charge is 0.427 e. The molecule has 2 unspecified atom stereocenters. The molecule has 0 aromatic carbocycles. The van der Waals surface area contributed by atoms with E-state index in [0.717, 1.165) is 6.08 Å². The first-order chi connectivity index (χ1) is 8.58. The summed E-state index contributed by atoms with van der Waals surface area (Å²) in [5.41, 5.74) is 0. The van der Waals surface area contributed by atoms with Crippen LogP contribution >= 0.6 is 0 Å². The Balaban J connectivity index is 5.27. The Hall–Kier alpha value is -0.960. The molecule has 0 aromatic heterocycles. The average molecular weight is 295 g/mol. The van der Waals surface area contributed by atoms with Crippen LogP contribution in [0.3, 0.4) is 0 Å². The third kappa shape index (κ3) is 5.68. The van der Waals surface area contributed by atoms with Gasteiger partial charge in [0.2, 0.25) is 5.79 Å². The van der Waals surface area contributed by atoms with E-state index in [0.29, 0.717) is 0 Å². The highest BCUT2D eigenvalue weighted by atomic mass is 32.3. The summed E-state index contributed by atoms with van der Waals surface area (Å²) in [6, 6.07) is -0.536. The Bertz CT molecular complexity index is 419. The van der Waals surface area contributed by atoms with Gasteiger partial charge < -0.3 is 9.64 Å². The molecule has 2 atom stereocenters. The van der Waals surface area contributed by atoms with E-state index < -0.39 is 28.2 Å². The molecule has 0 aliphatic carbocycles. The van der Waals surface area contributed by atoms with Crippen LogP contribution in [0.2, 0.25) is 0 Å². The number of likely N-dealkylation sites (N-methyl/N-ethyl adjacent to an activating group) is 1. The summed E-state index contributed by atoms with van der Waals surface area (Å²) < 4.78 is 37.5. The van der Waals surface area contributed by atoms with E-state index in [-0.39, 0.29) is 6.61 Å². The van der Waals surface area contributed by atoms with Crippen LogP contribution < -0.4 is 0 Å².